The zero-order valence-electron chi connectivity index (χ0n) is 7.43. The van der Waals surface area contributed by atoms with Crippen LogP contribution in [0.15, 0.2) is 12.1 Å². The monoisotopic (exact) mass is 201 g/mol. The molecule has 0 bridgehead atoms. The first kappa shape index (κ1) is 9.52. The van der Waals surface area contributed by atoms with E-state index in [1.54, 1.807) is 0 Å². The van der Waals surface area contributed by atoms with Crippen molar-refractivity contribution in [3.05, 3.63) is 35.1 Å². The number of hydrogen-bond donors (Lipinski definition) is 1. The van der Waals surface area contributed by atoms with Crippen molar-refractivity contribution in [3.8, 4) is 0 Å². The maximum absolute atomic E-state index is 13.2. The molecular formula is C10H10F3N. The number of hydrogen-bond acceptors (Lipinski definition) is 1. The Hall–Kier alpha value is -1.03. The second-order valence-corrected chi connectivity index (χ2v) is 3.62. The van der Waals surface area contributed by atoms with E-state index in [9.17, 15) is 13.2 Å². The van der Waals surface area contributed by atoms with Crippen LogP contribution in [-0.2, 0) is 0 Å². The highest BCUT2D eigenvalue weighted by molar-refractivity contribution is 5.25. The molecule has 76 valence electrons. The molecule has 0 aliphatic heterocycles. The Morgan fingerprint density at radius 1 is 1.14 bits per heavy atom. The molecule has 1 aromatic carbocycles. The molecule has 0 saturated heterocycles. The predicted octanol–water partition coefficient (Wildman–Crippen LogP) is 2.51. The number of rotatable bonds is 2. The molecule has 2 N–H and O–H groups in total. The van der Waals surface area contributed by atoms with Crippen molar-refractivity contribution in [3.63, 3.8) is 0 Å². The second-order valence-electron chi connectivity index (χ2n) is 3.62. The summed E-state index contributed by atoms with van der Waals surface area (Å²) in [5.74, 6) is -2.86. The molecule has 0 radical (unpaired) electrons. The smallest absolute Gasteiger partial charge is 0.166 e. The van der Waals surface area contributed by atoms with E-state index < -0.39 is 23.5 Å². The van der Waals surface area contributed by atoms with Gasteiger partial charge in [0.1, 0.15) is 5.82 Å². The second kappa shape index (κ2) is 3.28. The molecule has 0 spiro atoms. The standard InChI is InChI=1S/C10H10F3N/c11-6-3-4-7(12)9(13)8(6)10(14)5-1-2-5/h3-5,10H,1-2,14H2. The van der Waals surface area contributed by atoms with Crippen LogP contribution in [0.3, 0.4) is 0 Å². The quantitative estimate of drug-likeness (QED) is 0.731. The van der Waals surface area contributed by atoms with Crippen molar-refractivity contribution in [1.29, 1.82) is 0 Å². The van der Waals surface area contributed by atoms with Crippen LogP contribution in [0.2, 0.25) is 0 Å². The molecule has 1 unspecified atom stereocenters. The average molecular weight is 201 g/mol. The molecule has 1 fully saturated rings. The van der Waals surface area contributed by atoms with Crippen LogP contribution in [0, 0.1) is 23.4 Å². The van der Waals surface area contributed by atoms with E-state index >= 15 is 0 Å². The fourth-order valence-electron chi connectivity index (χ4n) is 1.54. The summed E-state index contributed by atoms with van der Waals surface area (Å²) in [6, 6.07) is 0.967. The van der Waals surface area contributed by atoms with Crippen molar-refractivity contribution in [1.82, 2.24) is 0 Å². The maximum Gasteiger partial charge on any atom is 0.166 e. The first-order valence-electron chi connectivity index (χ1n) is 4.50. The van der Waals surface area contributed by atoms with E-state index in [0.29, 0.717) is 0 Å². The Morgan fingerprint density at radius 2 is 1.71 bits per heavy atom. The third kappa shape index (κ3) is 1.50. The number of nitrogens with two attached hydrogens (primary N) is 1. The Balaban J connectivity index is 2.43. The molecule has 0 aromatic heterocycles. The topological polar surface area (TPSA) is 26.0 Å². The summed E-state index contributed by atoms with van der Waals surface area (Å²) in [6.45, 7) is 0. The fraction of sp³-hybridized carbons (Fsp3) is 0.400. The minimum atomic E-state index is -1.15. The van der Waals surface area contributed by atoms with Crippen LogP contribution < -0.4 is 5.73 Å². The normalized spacial score (nSPS) is 18.3. The molecule has 4 heteroatoms. The van der Waals surface area contributed by atoms with Crippen LogP contribution in [-0.4, -0.2) is 0 Å². The van der Waals surface area contributed by atoms with Crippen LogP contribution in [0.1, 0.15) is 24.4 Å². The van der Waals surface area contributed by atoms with Gasteiger partial charge in [-0.25, -0.2) is 13.2 Å². The van der Waals surface area contributed by atoms with Gasteiger partial charge in [0.25, 0.3) is 0 Å². The molecule has 0 heterocycles. The van der Waals surface area contributed by atoms with Crippen molar-refractivity contribution in [2.75, 3.05) is 0 Å². The molecule has 1 saturated carbocycles. The van der Waals surface area contributed by atoms with Gasteiger partial charge in [0.2, 0.25) is 0 Å². The minimum absolute atomic E-state index is 0.0980. The van der Waals surface area contributed by atoms with Gasteiger partial charge in [-0.15, -0.1) is 0 Å². The van der Waals surface area contributed by atoms with E-state index in [1.165, 1.54) is 0 Å². The Labute approximate surface area is 79.7 Å². The molecule has 1 aliphatic carbocycles. The summed E-state index contributed by atoms with van der Waals surface area (Å²) in [5.41, 5.74) is 5.31. The molecule has 1 atom stereocenters. The highest BCUT2D eigenvalue weighted by atomic mass is 19.2. The van der Waals surface area contributed by atoms with E-state index in [-0.39, 0.29) is 11.5 Å². The summed E-state index contributed by atoms with van der Waals surface area (Å²) in [6.07, 6.45) is 1.72. The molecule has 0 amide bonds. The lowest BCUT2D eigenvalue weighted by Gasteiger charge is -2.12. The van der Waals surface area contributed by atoms with E-state index in [2.05, 4.69) is 0 Å². The van der Waals surface area contributed by atoms with Crippen LogP contribution >= 0.6 is 0 Å². The number of halogens is 3. The van der Waals surface area contributed by atoms with Gasteiger partial charge in [-0.1, -0.05) is 0 Å². The highest BCUT2D eigenvalue weighted by Gasteiger charge is 2.33. The molecule has 14 heavy (non-hydrogen) atoms. The van der Waals surface area contributed by atoms with Gasteiger partial charge in [0.05, 0.1) is 0 Å². The van der Waals surface area contributed by atoms with Gasteiger partial charge in [0.15, 0.2) is 11.6 Å². The Kier molecular flexibility index (Phi) is 2.23. The number of benzene rings is 1. The first-order chi connectivity index (χ1) is 6.61. The third-order valence-electron chi connectivity index (χ3n) is 2.54. The van der Waals surface area contributed by atoms with Crippen LogP contribution in [0.5, 0.6) is 0 Å². The Bertz CT molecular complexity index is 361. The molecule has 1 aliphatic rings. The fourth-order valence-corrected chi connectivity index (χ4v) is 1.54. The minimum Gasteiger partial charge on any atom is -0.324 e. The highest BCUT2D eigenvalue weighted by Crippen LogP contribution is 2.41. The van der Waals surface area contributed by atoms with Crippen LogP contribution in [0.25, 0.3) is 0 Å². The SMILES string of the molecule is NC(c1c(F)ccc(F)c1F)C1CC1. The summed E-state index contributed by atoms with van der Waals surface area (Å²) < 4.78 is 39.2. The zero-order valence-corrected chi connectivity index (χ0v) is 7.43. The van der Waals surface area contributed by atoms with Crippen molar-refractivity contribution in [2.24, 2.45) is 11.7 Å². The summed E-state index contributed by atoms with van der Waals surface area (Å²) in [7, 11) is 0. The third-order valence-corrected chi connectivity index (χ3v) is 2.54. The zero-order chi connectivity index (χ0) is 10.3. The molecular weight excluding hydrogens is 191 g/mol. The van der Waals surface area contributed by atoms with E-state index in [0.717, 1.165) is 25.0 Å². The van der Waals surface area contributed by atoms with Gasteiger partial charge >= 0.3 is 0 Å². The lowest BCUT2D eigenvalue weighted by Crippen LogP contribution is -2.17. The molecule has 1 aromatic rings. The van der Waals surface area contributed by atoms with Gasteiger partial charge in [-0.05, 0) is 30.9 Å². The summed E-state index contributed by atoms with van der Waals surface area (Å²) in [4.78, 5) is 0. The predicted molar refractivity (Wildman–Crippen MR) is 46.0 cm³/mol. The summed E-state index contributed by atoms with van der Waals surface area (Å²) in [5, 5.41) is 0. The van der Waals surface area contributed by atoms with Gasteiger partial charge in [0, 0.05) is 11.6 Å². The molecule has 2 rings (SSSR count). The van der Waals surface area contributed by atoms with Gasteiger partial charge in [-0.3, -0.25) is 0 Å². The lowest BCUT2D eigenvalue weighted by atomic mass is 10.0. The van der Waals surface area contributed by atoms with E-state index in [1.807, 2.05) is 0 Å². The van der Waals surface area contributed by atoms with Crippen molar-refractivity contribution in [2.45, 2.75) is 18.9 Å². The average Bonchev–Trinajstić information content (AvgIpc) is 2.95. The molecule has 1 nitrogen and oxygen atoms in total. The van der Waals surface area contributed by atoms with Gasteiger partial charge in [-0.2, -0.15) is 0 Å². The van der Waals surface area contributed by atoms with Gasteiger partial charge < -0.3 is 5.73 Å². The summed E-state index contributed by atoms with van der Waals surface area (Å²) >= 11 is 0. The van der Waals surface area contributed by atoms with Crippen molar-refractivity contribution < 1.29 is 13.2 Å². The van der Waals surface area contributed by atoms with Crippen LogP contribution in [0.4, 0.5) is 13.2 Å². The largest absolute Gasteiger partial charge is 0.324 e. The van der Waals surface area contributed by atoms with E-state index in [4.69, 9.17) is 5.73 Å². The Morgan fingerprint density at radius 3 is 2.29 bits per heavy atom. The van der Waals surface area contributed by atoms with Crippen molar-refractivity contribution >= 4 is 0 Å². The maximum atomic E-state index is 13.2. The lowest BCUT2D eigenvalue weighted by molar-refractivity contribution is 0.454. The first-order valence-corrected chi connectivity index (χ1v) is 4.50.